The maximum Gasteiger partial charge on any atom is 0.303 e. The molecule has 0 aliphatic carbocycles. The Kier molecular flexibility index (Phi) is 4.51. The zero-order valence-corrected chi connectivity index (χ0v) is 11.3. The Balaban J connectivity index is 1.94. The van der Waals surface area contributed by atoms with Gasteiger partial charge in [0.25, 0.3) is 5.89 Å². The van der Waals surface area contributed by atoms with E-state index in [0.717, 1.165) is 11.3 Å². The van der Waals surface area contributed by atoms with Gasteiger partial charge in [-0.2, -0.15) is 0 Å². The molecule has 2 aromatic heterocycles. The van der Waals surface area contributed by atoms with E-state index in [1.165, 1.54) is 11.3 Å². The van der Waals surface area contributed by atoms with E-state index in [0.29, 0.717) is 30.4 Å². The van der Waals surface area contributed by atoms with Gasteiger partial charge in [-0.05, 0) is 24.3 Å². The molecule has 2 aromatic rings. The second-order valence-corrected chi connectivity index (χ2v) is 4.84. The predicted molar refractivity (Wildman–Crippen MR) is 69.4 cm³/mol. The first kappa shape index (κ1) is 13.5. The number of aromatic nitrogens is 2. The van der Waals surface area contributed by atoms with Crippen LogP contribution in [0, 0.1) is 0 Å². The van der Waals surface area contributed by atoms with E-state index in [2.05, 4.69) is 10.2 Å². The lowest BCUT2D eigenvalue weighted by atomic mass is 10.2. The quantitative estimate of drug-likeness (QED) is 0.786. The van der Waals surface area contributed by atoms with E-state index in [4.69, 9.17) is 14.3 Å². The monoisotopic (exact) mass is 282 g/mol. The summed E-state index contributed by atoms with van der Waals surface area (Å²) in [5.41, 5.74) is 0. The third-order valence-corrected chi connectivity index (χ3v) is 3.43. The minimum atomic E-state index is -0.783. The number of rotatable bonds is 7. The number of carboxylic acid groups (broad SMARTS) is 1. The van der Waals surface area contributed by atoms with Gasteiger partial charge >= 0.3 is 5.97 Å². The van der Waals surface area contributed by atoms with E-state index in [1.807, 2.05) is 11.4 Å². The number of hydrogen-bond donors (Lipinski definition) is 1. The van der Waals surface area contributed by atoms with Gasteiger partial charge in [-0.15, -0.1) is 21.5 Å². The SMILES string of the molecule is COc1ccsc1-c1nnc(CCCCC(=O)O)o1. The Hall–Kier alpha value is -1.89. The van der Waals surface area contributed by atoms with Crippen LogP contribution in [0.4, 0.5) is 0 Å². The molecule has 0 fully saturated rings. The number of unbranched alkanes of at least 4 members (excludes halogenated alkanes) is 1. The number of methoxy groups -OCH3 is 1. The third-order valence-electron chi connectivity index (χ3n) is 2.54. The van der Waals surface area contributed by atoms with Crippen molar-refractivity contribution in [2.45, 2.75) is 25.7 Å². The zero-order valence-electron chi connectivity index (χ0n) is 10.5. The summed E-state index contributed by atoms with van der Waals surface area (Å²) in [5.74, 6) is 0.900. The summed E-state index contributed by atoms with van der Waals surface area (Å²) in [7, 11) is 1.59. The standard InChI is InChI=1S/C12H14N2O4S/c1-17-8-6-7-19-11(8)12-14-13-9(18-12)4-2-3-5-10(15)16/h6-7H,2-5H2,1H3,(H,15,16). The first-order valence-electron chi connectivity index (χ1n) is 5.86. The zero-order chi connectivity index (χ0) is 13.7. The average Bonchev–Trinajstić information content (AvgIpc) is 3.02. The molecule has 0 bridgehead atoms. The highest BCUT2D eigenvalue weighted by molar-refractivity contribution is 7.13. The van der Waals surface area contributed by atoms with Crippen molar-refractivity contribution in [1.82, 2.24) is 10.2 Å². The van der Waals surface area contributed by atoms with Crippen LogP contribution in [0.15, 0.2) is 15.9 Å². The van der Waals surface area contributed by atoms with Gasteiger partial charge in [0.2, 0.25) is 5.89 Å². The first-order chi connectivity index (χ1) is 9.20. The summed E-state index contributed by atoms with van der Waals surface area (Å²) in [4.78, 5) is 11.2. The van der Waals surface area contributed by atoms with Gasteiger partial charge in [-0.25, -0.2) is 0 Å². The second kappa shape index (κ2) is 6.33. The van der Waals surface area contributed by atoms with Gasteiger partial charge < -0.3 is 14.3 Å². The molecule has 2 heterocycles. The van der Waals surface area contributed by atoms with E-state index < -0.39 is 5.97 Å². The van der Waals surface area contributed by atoms with Gasteiger partial charge in [0.05, 0.1) is 7.11 Å². The molecule has 0 aliphatic rings. The van der Waals surface area contributed by atoms with Gasteiger partial charge in [-0.3, -0.25) is 4.79 Å². The number of aliphatic carboxylic acids is 1. The number of hydrogen-bond acceptors (Lipinski definition) is 6. The Morgan fingerprint density at radius 3 is 3.05 bits per heavy atom. The van der Waals surface area contributed by atoms with Gasteiger partial charge in [-0.1, -0.05) is 0 Å². The molecule has 0 amide bonds. The van der Waals surface area contributed by atoms with Crippen molar-refractivity contribution in [2.75, 3.05) is 7.11 Å². The summed E-state index contributed by atoms with van der Waals surface area (Å²) in [6, 6.07) is 1.84. The maximum absolute atomic E-state index is 10.4. The minimum Gasteiger partial charge on any atom is -0.495 e. The van der Waals surface area contributed by atoms with Crippen LogP contribution in [0.3, 0.4) is 0 Å². The topological polar surface area (TPSA) is 85.5 Å². The molecular weight excluding hydrogens is 268 g/mol. The van der Waals surface area contributed by atoms with Gasteiger partial charge in [0.1, 0.15) is 10.6 Å². The molecule has 0 unspecified atom stereocenters. The van der Waals surface area contributed by atoms with Gasteiger partial charge in [0.15, 0.2) is 0 Å². The molecule has 0 spiro atoms. The number of carbonyl (C=O) groups is 1. The lowest BCUT2D eigenvalue weighted by molar-refractivity contribution is -0.137. The summed E-state index contributed by atoms with van der Waals surface area (Å²) in [6.45, 7) is 0. The Morgan fingerprint density at radius 1 is 1.47 bits per heavy atom. The van der Waals surface area contributed by atoms with Crippen LogP contribution in [-0.2, 0) is 11.2 Å². The molecule has 0 aliphatic heterocycles. The van der Waals surface area contributed by atoms with Crippen LogP contribution in [-0.4, -0.2) is 28.4 Å². The van der Waals surface area contributed by atoms with Crippen LogP contribution in [0.2, 0.25) is 0 Å². The molecule has 2 rings (SSSR count). The molecule has 102 valence electrons. The third kappa shape index (κ3) is 3.54. The average molecular weight is 282 g/mol. The van der Waals surface area contributed by atoms with E-state index in [-0.39, 0.29) is 6.42 Å². The number of aryl methyl sites for hydroxylation is 1. The fraction of sp³-hybridized carbons (Fsp3) is 0.417. The molecule has 0 saturated carbocycles. The van der Waals surface area contributed by atoms with Crippen molar-refractivity contribution in [3.05, 3.63) is 17.3 Å². The number of thiophene rings is 1. The van der Waals surface area contributed by atoms with E-state index in [9.17, 15) is 4.79 Å². The van der Waals surface area contributed by atoms with Gasteiger partial charge in [0, 0.05) is 12.8 Å². The summed E-state index contributed by atoms with van der Waals surface area (Å²) >= 11 is 1.47. The van der Waals surface area contributed by atoms with E-state index >= 15 is 0 Å². The van der Waals surface area contributed by atoms with Crippen LogP contribution in [0.1, 0.15) is 25.2 Å². The van der Waals surface area contributed by atoms with Crippen LogP contribution >= 0.6 is 11.3 Å². The Bertz CT molecular complexity index is 549. The number of nitrogens with zero attached hydrogens (tertiary/aromatic N) is 2. The Morgan fingerprint density at radius 2 is 2.32 bits per heavy atom. The lowest BCUT2D eigenvalue weighted by Crippen LogP contribution is -1.95. The maximum atomic E-state index is 10.4. The number of ether oxygens (including phenoxy) is 1. The molecule has 6 nitrogen and oxygen atoms in total. The predicted octanol–water partition coefficient (Wildman–Crippen LogP) is 2.60. The van der Waals surface area contributed by atoms with Crippen LogP contribution in [0.25, 0.3) is 10.8 Å². The fourth-order valence-corrected chi connectivity index (χ4v) is 2.39. The lowest BCUT2D eigenvalue weighted by Gasteiger charge is -1.97. The van der Waals surface area contributed by atoms with Crippen molar-refractivity contribution in [1.29, 1.82) is 0 Å². The molecule has 1 N–H and O–H groups in total. The highest BCUT2D eigenvalue weighted by atomic mass is 32.1. The normalized spacial score (nSPS) is 10.6. The molecule has 0 aromatic carbocycles. The summed E-state index contributed by atoms with van der Waals surface area (Å²) in [6.07, 6.45) is 2.08. The fourth-order valence-electron chi connectivity index (χ4n) is 1.61. The van der Waals surface area contributed by atoms with Crippen molar-refractivity contribution in [2.24, 2.45) is 0 Å². The van der Waals surface area contributed by atoms with Crippen molar-refractivity contribution < 1.29 is 19.1 Å². The van der Waals surface area contributed by atoms with Crippen LogP contribution < -0.4 is 4.74 Å². The molecule has 0 atom stereocenters. The largest absolute Gasteiger partial charge is 0.495 e. The molecular formula is C12H14N2O4S. The number of carboxylic acids is 1. The van der Waals surface area contributed by atoms with E-state index in [1.54, 1.807) is 7.11 Å². The second-order valence-electron chi connectivity index (χ2n) is 3.92. The molecule has 0 radical (unpaired) electrons. The van der Waals surface area contributed by atoms with Crippen molar-refractivity contribution in [3.8, 4) is 16.5 Å². The smallest absolute Gasteiger partial charge is 0.303 e. The van der Waals surface area contributed by atoms with Crippen LogP contribution in [0.5, 0.6) is 5.75 Å². The van der Waals surface area contributed by atoms with Crippen molar-refractivity contribution in [3.63, 3.8) is 0 Å². The van der Waals surface area contributed by atoms with Crippen molar-refractivity contribution >= 4 is 17.3 Å². The highest BCUT2D eigenvalue weighted by Crippen LogP contribution is 2.34. The molecule has 19 heavy (non-hydrogen) atoms. The highest BCUT2D eigenvalue weighted by Gasteiger charge is 2.14. The summed E-state index contributed by atoms with van der Waals surface area (Å²) < 4.78 is 10.7. The Labute approximate surface area is 114 Å². The first-order valence-corrected chi connectivity index (χ1v) is 6.74. The molecule has 7 heteroatoms. The minimum absolute atomic E-state index is 0.166. The summed E-state index contributed by atoms with van der Waals surface area (Å²) in [5, 5.41) is 18.4. The molecule has 0 saturated heterocycles.